The van der Waals surface area contributed by atoms with Crippen molar-refractivity contribution < 1.29 is 14.6 Å². The van der Waals surface area contributed by atoms with Crippen molar-refractivity contribution in [3.05, 3.63) is 70.3 Å². The van der Waals surface area contributed by atoms with Gasteiger partial charge >= 0.3 is 0 Å². The number of aliphatic hydroxyl groups excluding tert-OH is 1. The third-order valence-corrected chi connectivity index (χ3v) is 8.77. The number of unbranched alkanes of at least 4 members (excludes halogenated alkanes) is 1. The van der Waals surface area contributed by atoms with Gasteiger partial charge in [-0.3, -0.25) is 14.3 Å². The van der Waals surface area contributed by atoms with E-state index < -0.39 is 6.29 Å². The van der Waals surface area contributed by atoms with E-state index in [1.165, 1.54) is 21.8 Å². The van der Waals surface area contributed by atoms with Crippen LogP contribution in [0.4, 0.5) is 5.69 Å². The molecule has 2 atom stereocenters. The van der Waals surface area contributed by atoms with Crippen molar-refractivity contribution >= 4 is 38.0 Å². The fraction of sp³-hybridized carbons (Fsp3) is 0.469. The van der Waals surface area contributed by atoms with Gasteiger partial charge in [0.25, 0.3) is 5.56 Å². The van der Waals surface area contributed by atoms with Gasteiger partial charge in [-0.05, 0) is 73.0 Å². The van der Waals surface area contributed by atoms with Crippen LogP contribution < -0.4 is 15.2 Å². The van der Waals surface area contributed by atoms with E-state index in [1.54, 1.807) is 4.57 Å². The maximum Gasteiger partial charge on any atom is 0.252 e. The SMILES string of the molecule is CCCC(C)C(O)OCn1c(=O)ccc2ccc(OCCCCN3CCN(c4cccc5sccc45)CC3)cc21. The Bertz CT molecular complexity index is 1440. The van der Waals surface area contributed by atoms with Crippen LogP contribution in [-0.4, -0.2) is 60.2 Å². The molecule has 3 heterocycles. The number of pyridine rings is 1. The van der Waals surface area contributed by atoms with Gasteiger partial charge in [0.1, 0.15) is 12.5 Å². The smallest absolute Gasteiger partial charge is 0.252 e. The first-order valence-corrected chi connectivity index (χ1v) is 15.4. The van der Waals surface area contributed by atoms with Crippen molar-refractivity contribution in [2.75, 3.05) is 44.2 Å². The van der Waals surface area contributed by atoms with Crippen LogP contribution in [-0.2, 0) is 11.5 Å². The summed E-state index contributed by atoms with van der Waals surface area (Å²) in [4.78, 5) is 17.7. The number of anilines is 1. The Morgan fingerprint density at radius 1 is 1.02 bits per heavy atom. The van der Waals surface area contributed by atoms with E-state index >= 15 is 0 Å². The Kier molecular flexibility index (Phi) is 9.75. The number of piperazine rings is 1. The number of hydrogen-bond acceptors (Lipinski definition) is 7. The van der Waals surface area contributed by atoms with Gasteiger partial charge in [0.2, 0.25) is 0 Å². The van der Waals surface area contributed by atoms with E-state index in [1.807, 2.05) is 42.5 Å². The van der Waals surface area contributed by atoms with Crippen LogP contribution in [0.3, 0.4) is 0 Å². The van der Waals surface area contributed by atoms with Crippen molar-refractivity contribution in [2.24, 2.45) is 5.92 Å². The van der Waals surface area contributed by atoms with E-state index in [-0.39, 0.29) is 18.2 Å². The van der Waals surface area contributed by atoms with Gasteiger partial charge < -0.3 is 19.5 Å². The minimum Gasteiger partial charge on any atom is -0.494 e. The summed E-state index contributed by atoms with van der Waals surface area (Å²) in [5.41, 5.74) is 1.95. The van der Waals surface area contributed by atoms with E-state index in [0.717, 1.165) is 75.1 Å². The second-order valence-electron chi connectivity index (χ2n) is 10.8. The standard InChI is InChI=1S/C32H41N3O4S/c1-3-7-24(2)32(37)39-23-35-29-22-26(12-10-25(29)11-13-31(35)36)38-20-5-4-15-33-16-18-34(19-17-33)28-8-6-9-30-27(28)14-21-40-30/h6,8-14,21-22,24,32,37H,3-5,7,15-20,23H2,1-2H3. The first-order chi connectivity index (χ1) is 19.5. The van der Waals surface area contributed by atoms with Crippen molar-refractivity contribution in [3.63, 3.8) is 0 Å². The number of fused-ring (bicyclic) bond motifs is 2. The predicted molar refractivity (Wildman–Crippen MR) is 165 cm³/mol. The van der Waals surface area contributed by atoms with Crippen molar-refractivity contribution in [1.29, 1.82) is 0 Å². The highest BCUT2D eigenvalue weighted by Crippen LogP contribution is 2.31. The average Bonchev–Trinajstić information content (AvgIpc) is 3.46. The molecule has 2 aromatic heterocycles. The second-order valence-corrected chi connectivity index (χ2v) is 11.7. The highest BCUT2D eigenvalue weighted by Gasteiger charge is 2.19. The summed E-state index contributed by atoms with van der Waals surface area (Å²) in [6.45, 7) is 10.0. The molecule has 40 heavy (non-hydrogen) atoms. The summed E-state index contributed by atoms with van der Waals surface area (Å²) < 4.78 is 14.6. The zero-order chi connectivity index (χ0) is 27.9. The van der Waals surface area contributed by atoms with Gasteiger partial charge in [0.05, 0.1) is 12.1 Å². The van der Waals surface area contributed by atoms with E-state index in [2.05, 4.69) is 46.4 Å². The van der Waals surface area contributed by atoms with Crippen LogP contribution in [0.1, 0.15) is 39.5 Å². The quantitative estimate of drug-likeness (QED) is 0.161. The molecule has 0 bridgehead atoms. The topological polar surface area (TPSA) is 67.2 Å². The first kappa shape index (κ1) is 28.6. The summed E-state index contributed by atoms with van der Waals surface area (Å²) in [7, 11) is 0. The number of rotatable bonds is 13. The lowest BCUT2D eigenvalue weighted by molar-refractivity contribution is -0.154. The molecule has 1 aliphatic rings. The van der Waals surface area contributed by atoms with Gasteiger partial charge in [-0.2, -0.15) is 0 Å². The Morgan fingerprint density at radius 2 is 1.85 bits per heavy atom. The van der Waals surface area contributed by atoms with Crippen LogP contribution in [0.5, 0.6) is 5.75 Å². The molecule has 7 nitrogen and oxygen atoms in total. The molecule has 1 aliphatic heterocycles. The van der Waals surface area contributed by atoms with Gasteiger partial charge in [0.15, 0.2) is 6.29 Å². The highest BCUT2D eigenvalue weighted by atomic mass is 32.1. The van der Waals surface area contributed by atoms with E-state index in [0.29, 0.717) is 6.61 Å². The molecule has 1 N–H and O–H groups in total. The molecule has 8 heteroatoms. The molecule has 0 radical (unpaired) electrons. The molecule has 0 aliphatic carbocycles. The third kappa shape index (κ3) is 6.86. The van der Waals surface area contributed by atoms with Crippen LogP contribution >= 0.6 is 11.3 Å². The van der Waals surface area contributed by atoms with Gasteiger partial charge in [-0.15, -0.1) is 11.3 Å². The van der Waals surface area contributed by atoms with Gasteiger partial charge in [-0.25, -0.2) is 0 Å². The number of ether oxygens (including phenoxy) is 2. The summed E-state index contributed by atoms with van der Waals surface area (Å²) in [6.07, 6.45) is 2.99. The number of thiophene rings is 1. The molecule has 0 amide bonds. The lowest BCUT2D eigenvalue weighted by atomic mass is 10.1. The molecule has 0 saturated carbocycles. The van der Waals surface area contributed by atoms with Gasteiger partial charge in [0, 0.05) is 60.0 Å². The normalized spacial score (nSPS) is 16.0. The zero-order valence-corrected chi connectivity index (χ0v) is 24.4. The Balaban J connectivity index is 1.08. The number of aromatic nitrogens is 1. The molecular formula is C32H41N3O4S. The van der Waals surface area contributed by atoms with Crippen LogP contribution in [0.2, 0.25) is 0 Å². The fourth-order valence-corrected chi connectivity index (χ4v) is 6.31. The van der Waals surface area contributed by atoms with Gasteiger partial charge in [-0.1, -0.05) is 26.3 Å². The summed E-state index contributed by atoms with van der Waals surface area (Å²) >= 11 is 1.81. The molecule has 1 fully saturated rings. The zero-order valence-electron chi connectivity index (χ0n) is 23.6. The summed E-state index contributed by atoms with van der Waals surface area (Å²) in [5, 5.41) is 14.8. The maximum atomic E-state index is 12.6. The van der Waals surface area contributed by atoms with Crippen LogP contribution in [0.15, 0.2) is 64.8 Å². The van der Waals surface area contributed by atoms with Crippen molar-refractivity contribution in [2.45, 2.75) is 52.6 Å². The predicted octanol–water partition coefficient (Wildman–Crippen LogP) is 5.93. The molecule has 2 aromatic carbocycles. The molecule has 2 unspecified atom stereocenters. The third-order valence-electron chi connectivity index (χ3n) is 7.89. The number of nitrogens with zero attached hydrogens (tertiary/aromatic N) is 3. The van der Waals surface area contributed by atoms with Crippen molar-refractivity contribution in [3.8, 4) is 5.75 Å². The molecule has 1 saturated heterocycles. The highest BCUT2D eigenvalue weighted by molar-refractivity contribution is 7.17. The largest absolute Gasteiger partial charge is 0.494 e. The molecule has 0 spiro atoms. The number of hydrogen-bond donors (Lipinski definition) is 1. The Labute approximate surface area is 240 Å². The molecular weight excluding hydrogens is 522 g/mol. The van der Waals surface area contributed by atoms with Crippen molar-refractivity contribution in [1.82, 2.24) is 9.47 Å². The molecule has 214 valence electrons. The molecule has 4 aromatic rings. The lowest BCUT2D eigenvalue weighted by Crippen LogP contribution is -2.46. The fourth-order valence-electron chi connectivity index (χ4n) is 5.50. The maximum absolute atomic E-state index is 12.6. The monoisotopic (exact) mass is 563 g/mol. The average molecular weight is 564 g/mol. The van der Waals surface area contributed by atoms with E-state index in [9.17, 15) is 9.90 Å². The minimum absolute atomic E-state index is 0.00449. The van der Waals surface area contributed by atoms with Crippen LogP contribution in [0.25, 0.3) is 21.0 Å². The Hall–Kier alpha value is -2.91. The lowest BCUT2D eigenvalue weighted by Gasteiger charge is -2.36. The summed E-state index contributed by atoms with van der Waals surface area (Å²) in [5.74, 6) is 0.752. The van der Waals surface area contributed by atoms with Crippen LogP contribution in [0, 0.1) is 5.92 Å². The second kappa shape index (κ2) is 13.6. The molecule has 5 rings (SSSR count). The minimum atomic E-state index is -0.903. The van der Waals surface area contributed by atoms with E-state index in [4.69, 9.17) is 9.47 Å². The first-order valence-electron chi connectivity index (χ1n) is 14.5. The Morgan fingerprint density at radius 3 is 2.67 bits per heavy atom. The number of aliphatic hydroxyl groups is 1. The summed E-state index contributed by atoms with van der Waals surface area (Å²) in [6, 6.07) is 18.0. The number of benzene rings is 2.